The average molecular weight is 273 g/mol. The molecule has 0 saturated carbocycles. The summed E-state index contributed by atoms with van der Waals surface area (Å²) in [7, 11) is 0. The van der Waals surface area contributed by atoms with Gasteiger partial charge in [0.1, 0.15) is 11.6 Å². The zero-order valence-corrected chi connectivity index (χ0v) is 10.2. The van der Waals surface area contributed by atoms with Gasteiger partial charge in [0.15, 0.2) is 0 Å². The number of rotatable bonds is 2. The van der Waals surface area contributed by atoms with Crippen molar-refractivity contribution in [1.82, 2.24) is 10.1 Å². The van der Waals surface area contributed by atoms with Crippen LogP contribution in [0.5, 0.6) is 0 Å². The van der Waals surface area contributed by atoms with E-state index in [9.17, 15) is 8.78 Å². The van der Waals surface area contributed by atoms with Crippen molar-refractivity contribution in [2.75, 3.05) is 5.73 Å². The van der Waals surface area contributed by atoms with Crippen LogP contribution in [-0.4, -0.2) is 10.1 Å². The zero-order valence-electron chi connectivity index (χ0n) is 10.2. The van der Waals surface area contributed by atoms with E-state index in [1.165, 1.54) is 0 Å². The highest BCUT2D eigenvalue weighted by Crippen LogP contribution is 2.26. The van der Waals surface area contributed by atoms with Gasteiger partial charge in [0, 0.05) is 22.9 Å². The summed E-state index contributed by atoms with van der Waals surface area (Å²) in [6, 6.07) is 10.0. The van der Waals surface area contributed by atoms with Crippen LogP contribution in [0.15, 0.2) is 47.0 Å². The summed E-state index contributed by atoms with van der Waals surface area (Å²) in [6.45, 7) is 0. The van der Waals surface area contributed by atoms with E-state index in [1.807, 2.05) is 0 Å². The summed E-state index contributed by atoms with van der Waals surface area (Å²) in [6.07, 6.45) is 0. The predicted octanol–water partition coefficient (Wildman–Crippen LogP) is 3.26. The molecule has 3 rings (SSSR count). The van der Waals surface area contributed by atoms with Crippen LogP contribution in [0.1, 0.15) is 0 Å². The minimum absolute atomic E-state index is 0.0293. The van der Waals surface area contributed by atoms with E-state index in [1.54, 1.807) is 24.3 Å². The molecule has 0 amide bonds. The van der Waals surface area contributed by atoms with E-state index in [4.69, 9.17) is 10.3 Å². The molecule has 4 nitrogen and oxygen atoms in total. The molecule has 0 unspecified atom stereocenters. The number of anilines is 1. The van der Waals surface area contributed by atoms with Gasteiger partial charge in [-0.2, -0.15) is 4.98 Å². The van der Waals surface area contributed by atoms with Crippen molar-refractivity contribution in [3.05, 3.63) is 54.1 Å². The maximum Gasteiger partial charge on any atom is 0.258 e. The Balaban J connectivity index is 2.04. The Kier molecular flexibility index (Phi) is 2.90. The average Bonchev–Trinajstić information content (AvgIpc) is 2.87. The summed E-state index contributed by atoms with van der Waals surface area (Å²) in [5, 5.41) is 3.77. The van der Waals surface area contributed by atoms with E-state index in [0.717, 1.165) is 18.2 Å². The Morgan fingerprint density at radius 2 is 1.70 bits per heavy atom. The van der Waals surface area contributed by atoms with Gasteiger partial charge in [-0.1, -0.05) is 17.3 Å². The maximum atomic E-state index is 13.2. The normalized spacial score (nSPS) is 10.7. The second kappa shape index (κ2) is 4.73. The van der Waals surface area contributed by atoms with Gasteiger partial charge in [-0.25, -0.2) is 8.78 Å². The second-order valence-corrected chi connectivity index (χ2v) is 4.17. The lowest BCUT2D eigenvalue weighted by molar-refractivity contribution is 0.431. The smallest absolute Gasteiger partial charge is 0.258 e. The summed E-state index contributed by atoms with van der Waals surface area (Å²) >= 11 is 0. The van der Waals surface area contributed by atoms with Gasteiger partial charge in [-0.3, -0.25) is 0 Å². The van der Waals surface area contributed by atoms with Gasteiger partial charge in [0.2, 0.25) is 5.82 Å². The van der Waals surface area contributed by atoms with Gasteiger partial charge in [0.05, 0.1) is 0 Å². The van der Waals surface area contributed by atoms with E-state index in [2.05, 4.69) is 10.1 Å². The first-order valence-corrected chi connectivity index (χ1v) is 5.78. The van der Waals surface area contributed by atoms with Crippen molar-refractivity contribution in [3.63, 3.8) is 0 Å². The topological polar surface area (TPSA) is 64.9 Å². The minimum Gasteiger partial charge on any atom is -0.398 e. The molecule has 0 aliphatic heterocycles. The molecule has 6 heteroatoms. The fourth-order valence-corrected chi connectivity index (χ4v) is 1.83. The van der Waals surface area contributed by atoms with E-state index in [-0.39, 0.29) is 17.3 Å². The molecule has 3 aromatic rings. The fraction of sp³-hybridized carbons (Fsp3) is 0. The Bertz CT molecular complexity index is 750. The third-order valence-corrected chi connectivity index (χ3v) is 2.74. The number of nitrogens with zero attached hydrogens (tertiary/aromatic N) is 2. The van der Waals surface area contributed by atoms with Gasteiger partial charge >= 0.3 is 0 Å². The van der Waals surface area contributed by atoms with Gasteiger partial charge in [0.25, 0.3) is 5.89 Å². The van der Waals surface area contributed by atoms with Crippen LogP contribution in [0, 0.1) is 11.6 Å². The molecule has 0 saturated heterocycles. The standard InChI is InChI=1S/C14H9F2N3O/c15-9-5-8(6-10(16)7-9)14-18-13(19-20-14)11-3-1-2-4-12(11)17/h1-7H,17H2. The number of nitrogens with two attached hydrogens (primary N) is 1. The minimum atomic E-state index is -0.709. The highest BCUT2D eigenvalue weighted by atomic mass is 19.1. The van der Waals surface area contributed by atoms with E-state index < -0.39 is 11.6 Å². The van der Waals surface area contributed by atoms with Gasteiger partial charge in [-0.05, 0) is 24.3 Å². The molecule has 0 radical (unpaired) electrons. The van der Waals surface area contributed by atoms with E-state index >= 15 is 0 Å². The molecule has 2 N–H and O–H groups in total. The zero-order chi connectivity index (χ0) is 14.1. The number of aromatic nitrogens is 2. The molecule has 20 heavy (non-hydrogen) atoms. The highest BCUT2D eigenvalue weighted by molar-refractivity contribution is 5.71. The largest absolute Gasteiger partial charge is 0.398 e. The molecule has 1 aromatic heterocycles. The molecule has 0 spiro atoms. The summed E-state index contributed by atoms with van der Waals surface area (Å²) in [4.78, 5) is 4.10. The monoisotopic (exact) mass is 273 g/mol. The number of halogens is 2. The predicted molar refractivity (Wildman–Crippen MR) is 69.5 cm³/mol. The Morgan fingerprint density at radius 3 is 2.40 bits per heavy atom. The van der Waals surface area contributed by atoms with Crippen LogP contribution in [0.4, 0.5) is 14.5 Å². The SMILES string of the molecule is Nc1ccccc1-c1noc(-c2cc(F)cc(F)c2)n1. The molecule has 0 fully saturated rings. The van der Waals surface area contributed by atoms with Crippen LogP contribution in [0.25, 0.3) is 22.8 Å². The first-order chi connectivity index (χ1) is 9.63. The first kappa shape index (κ1) is 12.3. The lowest BCUT2D eigenvalue weighted by Gasteiger charge is -1.98. The van der Waals surface area contributed by atoms with Crippen LogP contribution in [0.3, 0.4) is 0 Å². The van der Waals surface area contributed by atoms with Crippen molar-refractivity contribution >= 4 is 5.69 Å². The molecule has 0 bridgehead atoms. The number of para-hydroxylation sites is 1. The quantitative estimate of drug-likeness (QED) is 0.728. The fourth-order valence-electron chi connectivity index (χ4n) is 1.83. The van der Waals surface area contributed by atoms with Crippen LogP contribution >= 0.6 is 0 Å². The van der Waals surface area contributed by atoms with E-state index in [0.29, 0.717) is 11.3 Å². The molecular weight excluding hydrogens is 264 g/mol. The van der Waals surface area contributed by atoms with Crippen LogP contribution in [-0.2, 0) is 0 Å². The Labute approximate surface area is 112 Å². The molecule has 100 valence electrons. The van der Waals surface area contributed by atoms with Crippen LogP contribution in [0.2, 0.25) is 0 Å². The lowest BCUT2D eigenvalue weighted by Crippen LogP contribution is -1.90. The summed E-state index contributed by atoms with van der Waals surface area (Å²) in [5.41, 5.74) is 7.07. The third-order valence-electron chi connectivity index (χ3n) is 2.74. The van der Waals surface area contributed by atoms with Crippen molar-refractivity contribution in [1.29, 1.82) is 0 Å². The van der Waals surface area contributed by atoms with Crippen molar-refractivity contribution in [3.8, 4) is 22.8 Å². The summed E-state index contributed by atoms with van der Waals surface area (Å²) < 4.78 is 31.3. The van der Waals surface area contributed by atoms with Gasteiger partial charge < -0.3 is 10.3 Å². The molecule has 0 aliphatic rings. The van der Waals surface area contributed by atoms with Crippen molar-refractivity contribution < 1.29 is 13.3 Å². The number of nitrogen functional groups attached to an aromatic ring is 1. The van der Waals surface area contributed by atoms with Gasteiger partial charge in [-0.15, -0.1) is 0 Å². The number of hydrogen-bond donors (Lipinski definition) is 1. The Morgan fingerprint density at radius 1 is 1.00 bits per heavy atom. The molecule has 0 atom stereocenters. The van der Waals surface area contributed by atoms with Crippen LogP contribution < -0.4 is 5.73 Å². The number of benzene rings is 2. The summed E-state index contributed by atoms with van der Waals surface area (Å²) in [5.74, 6) is -1.12. The Hall–Kier alpha value is -2.76. The van der Waals surface area contributed by atoms with Crippen molar-refractivity contribution in [2.24, 2.45) is 0 Å². The molecular formula is C14H9F2N3O. The highest BCUT2D eigenvalue weighted by Gasteiger charge is 2.13. The molecule has 0 aliphatic carbocycles. The second-order valence-electron chi connectivity index (χ2n) is 4.17. The first-order valence-electron chi connectivity index (χ1n) is 5.78. The maximum absolute atomic E-state index is 13.2. The number of hydrogen-bond acceptors (Lipinski definition) is 4. The molecule has 1 heterocycles. The lowest BCUT2D eigenvalue weighted by atomic mass is 10.1. The molecule has 2 aromatic carbocycles. The van der Waals surface area contributed by atoms with Crippen molar-refractivity contribution in [2.45, 2.75) is 0 Å². The third kappa shape index (κ3) is 2.23.